The second kappa shape index (κ2) is 5.15. The molecule has 118 valence electrons. The van der Waals surface area contributed by atoms with Gasteiger partial charge in [0.1, 0.15) is 6.10 Å². The summed E-state index contributed by atoms with van der Waals surface area (Å²) in [5, 5.41) is 3.28. The number of carbonyl (C=O) groups excluding carboxylic acids is 1. The molecular formula is C17H28N2O2. The lowest BCUT2D eigenvalue weighted by atomic mass is 9.53. The van der Waals surface area contributed by atoms with Crippen molar-refractivity contribution in [3.63, 3.8) is 0 Å². The Hall–Kier alpha value is -0.770. The van der Waals surface area contributed by atoms with Gasteiger partial charge in [-0.2, -0.15) is 0 Å². The molecule has 4 heteroatoms. The molecular weight excluding hydrogens is 264 g/mol. The van der Waals surface area contributed by atoms with Gasteiger partial charge in [0, 0.05) is 11.6 Å². The van der Waals surface area contributed by atoms with Gasteiger partial charge in [0.05, 0.1) is 0 Å². The minimum absolute atomic E-state index is 0.0286. The van der Waals surface area contributed by atoms with E-state index in [4.69, 9.17) is 10.5 Å². The summed E-state index contributed by atoms with van der Waals surface area (Å²) >= 11 is 0. The molecule has 0 radical (unpaired) electrons. The number of hydrogen-bond acceptors (Lipinski definition) is 3. The van der Waals surface area contributed by atoms with Crippen LogP contribution in [0.4, 0.5) is 4.79 Å². The molecule has 5 aliphatic rings. The van der Waals surface area contributed by atoms with E-state index >= 15 is 0 Å². The fourth-order valence-electron chi connectivity index (χ4n) is 5.92. The van der Waals surface area contributed by atoms with Crippen molar-refractivity contribution in [2.45, 2.75) is 81.9 Å². The Kier molecular flexibility index (Phi) is 3.40. The molecule has 5 fully saturated rings. The number of carbonyl (C=O) groups is 1. The molecule has 0 heterocycles. The topological polar surface area (TPSA) is 64.3 Å². The molecule has 0 aliphatic heterocycles. The van der Waals surface area contributed by atoms with E-state index in [1.165, 1.54) is 38.5 Å². The number of ether oxygens (including phenoxy) is 1. The zero-order valence-corrected chi connectivity index (χ0v) is 12.9. The van der Waals surface area contributed by atoms with Gasteiger partial charge in [-0.1, -0.05) is 6.42 Å². The van der Waals surface area contributed by atoms with E-state index in [0.717, 1.165) is 43.4 Å². The lowest BCUT2D eigenvalue weighted by molar-refractivity contribution is -0.0244. The molecule has 0 aromatic carbocycles. The Morgan fingerprint density at radius 1 is 1.00 bits per heavy atom. The van der Waals surface area contributed by atoms with E-state index in [2.05, 4.69) is 5.32 Å². The van der Waals surface area contributed by atoms with Crippen LogP contribution in [0.3, 0.4) is 0 Å². The summed E-state index contributed by atoms with van der Waals surface area (Å²) in [6, 6.07) is 0.0286. The van der Waals surface area contributed by atoms with Crippen LogP contribution < -0.4 is 11.1 Å². The van der Waals surface area contributed by atoms with Gasteiger partial charge < -0.3 is 15.8 Å². The van der Waals surface area contributed by atoms with Crippen molar-refractivity contribution in [3.05, 3.63) is 0 Å². The molecule has 4 nitrogen and oxygen atoms in total. The first-order valence-corrected chi connectivity index (χ1v) is 8.86. The van der Waals surface area contributed by atoms with E-state index in [1.54, 1.807) is 0 Å². The molecule has 0 spiro atoms. The van der Waals surface area contributed by atoms with E-state index in [9.17, 15) is 4.79 Å². The highest BCUT2D eigenvalue weighted by Gasteiger charge is 2.51. The second-order valence-corrected chi connectivity index (χ2v) is 8.21. The van der Waals surface area contributed by atoms with Gasteiger partial charge in [-0.3, -0.25) is 0 Å². The third kappa shape index (κ3) is 2.67. The minimum Gasteiger partial charge on any atom is -0.445 e. The van der Waals surface area contributed by atoms with Crippen molar-refractivity contribution < 1.29 is 9.53 Å². The molecule has 5 rings (SSSR count). The standard InChI is InChI=1S/C17H28N2O2/c18-14-3-1-2-4-15(14)21-16(20)19-17-8-11-5-12(9-17)7-13(6-11)10-17/h11-15H,1-10,18H2,(H,19,20). The zero-order valence-electron chi connectivity index (χ0n) is 12.9. The first kappa shape index (κ1) is 13.9. The van der Waals surface area contributed by atoms with Gasteiger partial charge in [0.25, 0.3) is 0 Å². The van der Waals surface area contributed by atoms with Crippen LogP contribution in [0, 0.1) is 17.8 Å². The van der Waals surface area contributed by atoms with Crippen LogP contribution in [0.15, 0.2) is 0 Å². The van der Waals surface area contributed by atoms with Crippen molar-refractivity contribution in [2.24, 2.45) is 23.5 Å². The molecule has 5 saturated carbocycles. The van der Waals surface area contributed by atoms with Gasteiger partial charge in [0.15, 0.2) is 0 Å². The highest BCUT2D eigenvalue weighted by Crippen LogP contribution is 2.55. The largest absolute Gasteiger partial charge is 0.445 e. The smallest absolute Gasteiger partial charge is 0.407 e. The minimum atomic E-state index is -0.209. The van der Waals surface area contributed by atoms with Crippen LogP contribution in [0.1, 0.15) is 64.2 Å². The normalized spacial score (nSPS) is 48.1. The SMILES string of the molecule is NC1CCCCC1OC(=O)NC12CC3CC(CC(C3)C1)C2. The van der Waals surface area contributed by atoms with Crippen molar-refractivity contribution in [1.82, 2.24) is 5.32 Å². The highest BCUT2D eigenvalue weighted by molar-refractivity contribution is 5.68. The van der Waals surface area contributed by atoms with Crippen LogP contribution in [-0.4, -0.2) is 23.8 Å². The molecule has 0 aromatic heterocycles. The summed E-state index contributed by atoms with van der Waals surface area (Å²) in [6.45, 7) is 0. The molecule has 2 unspecified atom stereocenters. The second-order valence-electron chi connectivity index (χ2n) is 8.21. The van der Waals surface area contributed by atoms with Gasteiger partial charge >= 0.3 is 6.09 Å². The quantitative estimate of drug-likeness (QED) is 0.822. The van der Waals surface area contributed by atoms with Crippen molar-refractivity contribution in [3.8, 4) is 0 Å². The first-order chi connectivity index (χ1) is 10.1. The van der Waals surface area contributed by atoms with Gasteiger partial charge in [-0.15, -0.1) is 0 Å². The van der Waals surface area contributed by atoms with Gasteiger partial charge in [0.2, 0.25) is 0 Å². The lowest BCUT2D eigenvalue weighted by Crippen LogP contribution is -2.60. The lowest BCUT2D eigenvalue weighted by Gasteiger charge is -2.56. The molecule has 0 aromatic rings. The van der Waals surface area contributed by atoms with Crippen molar-refractivity contribution in [2.75, 3.05) is 0 Å². The Morgan fingerprint density at radius 3 is 2.14 bits per heavy atom. The van der Waals surface area contributed by atoms with Crippen LogP contribution in [0.5, 0.6) is 0 Å². The number of nitrogens with one attached hydrogen (secondary N) is 1. The Balaban J connectivity index is 1.38. The maximum absolute atomic E-state index is 12.4. The number of rotatable bonds is 2. The Bertz CT molecular complexity index is 388. The van der Waals surface area contributed by atoms with E-state index in [1.807, 2.05) is 0 Å². The monoisotopic (exact) mass is 292 g/mol. The zero-order chi connectivity index (χ0) is 14.4. The summed E-state index contributed by atoms with van der Waals surface area (Å²) < 4.78 is 5.67. The van der Waals surface area contributed by atoms with Gasteiger partial charge in [-0.25, -0.2) is 4.79 Å². The van der Waals surface area contributed by atoms with E-state index < -0.39 is 0 Å². The van der Waals surface area contributed by atoms with Crippen LogP contribution in [0.25, 0.3) is 0 Å². The predicted octanol–water partition coefficient (Wildman–Crippen LogP) is 2.95. The summed E-state index contributed by atoms with van der Waals surface area (Å²) in [6.07, 6.45) is 11.6. The fraction of sp³-hybridized carbons (Fsp3) is 0.941. The first-order valence-electron chi connectivity index (χ1n) is 8.86. The molecule has 21 heavy (non-hydrogen) atoms. The number of hydrogen-bond donors (Lipinski definition) is 2. The summed E-state index contributed by atoms with van der Waals surface area (Å²) in [5.74, 6) is 2.52. The van der Waals surface area contributed by atoms with Crippen molar-refractivity contribution >= 4 is 6.09 Å². The van der Waals surface area contributed by atoms with Crippen molar-refractivity contribution in [1.29, 1.82) is 0 Å². The Labute approximate surface area is 127 Å². The third-order valence-electron chi connectivity index (χ3n) is 6.42. The maximum Gasteiger partial charge on any atom is 0.407 e. The van der Waals surface area contributed by atoms with E-state index in [0.29, 0.717) is 0 Å². The Morgan fingerprint density at radius 2 is 1.57 bits per heavy atom. The van der Waals surface area contributed by atoms with Gasteiger partial charge in [-0.05, 0) is 75.5 Å². The summed E-state index contributed by atoms with van der Waals surface area (Å²) in [7, 11) is 0. The molecule has 1 amide bonds. The highest BCUT2D eigenvalue weighted by atomic mass is 16.6. The molecule has 0 saturated heterocycles. The molecule has 5 aliphatic carbocycles. The maximum atomic E-state index is 12.4. The van der Waals surface area contributed by atoms with Crippen LogP contribution in [-0.2, 0) is 4.74 Å². The average molecular weight is 292 g/mol. The fourth-order valence-corrected chi connectivity index (χ4v) is 5.92. The molecule has 3 N–H and O–H groups in total. The predicted molar refractivity (Wildman–Crippen MR) is 80.8 cm³/mol. The summed E-state index contributed by atoms with van der Waals surface area (Å²) in [4.78, 5) is 12.4. The number of amides is 1. The molecule has 2 atom stereocenters. The van der Waals surface area contributed by atoms with Crippen LogP contribution in [0.2, 0.25) is 0 Å². The third-order valence-corrected chi connectivity index (χ3v) is 6.42. The average Bonchev–Trinajstić information content (AvgIpc) is 2.39. The number of alkyl carbamates (subject to hydrolysis) is 1. The summed E-state index contributed by atoms with van der Waals surface area (Å²) in [5.41, 5.74) is 6.13. The van der Waals surface area contributed by atoms with Crippen LogP contribution >= 0.6 is 0 Å². The molecule has 4 bridgehead atoms. The number of nitrogens with two attached hydrogens (primary N) is 1. The van der Waals surface area contributed by atoms with E-state index in [-0.39, 0.29) is 23.8 Å².